The summed E-state index contributed by atoms with van der Waals surface area (Å²) in [4.78, 5) is 72.8. The molecule has 0 bridgehead atoms. The highest BCUT2D eigenvalue weighted by Crippen LogP contribution is 2.37. The fraction of sp³-hybridized carbons (Fsp3) is 0.250. The number of nitrogens with two attached hydrogens (primary N) is 1. The van der Waals surface area contributed by atoms with Crippen LogP contribution in [-0.2, 0) is 19.1 Å². The minimum atomic E-state index is -0.979. The summed E-state index contributed by atoms with van der Waals surface area (Å²) in [6.45, 7) is 4.93. The lowest BCUT2D eigenvalue weighted by atomic mass is 10.0. The summed E-state index contributed by atoms with van der Waals surface area (Å²) in [6.07, 6.45) is 4.01. The summed E-state index contributed by atoms with van der Waals surface area (Å²) in [5.74, 6) is 0.397. The maximum absolute atomic E-state index is 14.0. The lowest BCUT2D eigenvalue weighted by Crippen LogP contribution is -2.42. The molecule has 6 aromatic rings. The average Bonchev–Trinajstić information content (AvgIpc) is 4.17. The van der Waals surface area contributed by atoms with Crippen molar-refractivity contribution >= 4 is 23.8 Å². The predicted octanol–water partition coefficient (Wildman–Crippen LogP) is 7.11. The van der Waals surface area contributed by atoms with E-state index in [1.807, 2.05) is 89.8 Å². The van der Waals surface area contributed by atoms with Crippen LogP contribution in [0.1, 0.15) is 83.1 Å². The first-order valence-corrected chi connectivity index (χ1v) is 20.8. The molecule has 2 aliphatic heterocycles. The molecule has 63 heavy (non-hydrogen) atoms. The number of aromatic nitrogens is 4. The molecular weight excluding hydrogens is 799 g/mol. The number of nitrogens with one attached hydrogen (secondary N) is 4. The zero-order chi connectivity index (χ0) is 44.0. The molecule has 4 aromatic carbocycles. The molecule has 4 amide bonds. The third-order valence-electron chi connectivity index (χ3n) is 11.7. The van der Waals surface area contributed by atoms with Gasteiger partial charge in [0.25, 0.3) is 11.8 Å². The van der Waals surface area contributed by atoms with Gasteiger partial charge in [-0.15, -0.1) is 0 Å². The topological polar surface area (TPSA) is 201 Å². The quantitative estimate of drug-likeness (QED) is 0.0709. The Morgan fingerprint density at radius 2 is 1.19 bits per heavy atom. The molecule has 2 fully saturated rings. The van der Waals surface area contributed by atoms with Gasteiger partial charge < -0.3 is 45.6 Å². The number of aromatic amines is 2. The van der Waals surface area contributed by atoms with E-state index in [1.165, 1.54) is 14.2 Å². The van der Waals surface area contributed by atoms with Crippen LogP contribution < -0.4 is 16.4 Å². The molecule has 15 heteroatoms. The van der Waals surface area contributed by atoms with Crippen molar-refractivity contribution in [1.82, 2.24) is 40.4 Å². The highest BCUT2D eigenvalue weighted by molar-refractivity contribution is 5.97. The van der Waals surface area contributed by atoms with Gasteiger partial charge in [-0.05, 0) is 60.1 Å². The van der Waals surface area contributed by atoms with E-state index in [2.05, 4.69) is 27.2 Å². The number of H-pyrrole nitrogens is 2. The molecule has 2 saturated heterocycles. The van der Waals surface area contributed by atoms with Crippen LogP contribution in [0.25, 0.3) is 33.6 Å². The molecule has 2 aliphatic rings. The van der Waals surface area contributed by atoms with Gasteiger partial charge in [-0.2, -0.15) is 0 Å². The van der Waals surface area contributed by atoms with Crippen molar-refractivity contribution < 1.29 is 28.7 Å². The van der Waals surface area contributed by atoms with Crippen LogP contribution in [0.5, 0.6) is 0 Å². The molecule has 15 nitrogen and oxygen atoms in total. The molecule has 4 heterocycles. The van der Waals surface area contributed by atoms with E-state index < -0.39 is 30.1 Å². The van der Waals surface area contributed by atoms with E-state index >= 15 is 0 Å². The summed E-state index contributed by atoms with van der Waals surface area (Å²) >= 11 is 0. The standard InChI is InChI=1S/C48H49N9O6/c1-29(62-2)51-40(33-12-6-4-7-13-33)46(59)56-26-10-16-37(56)44-50-28-36(52-44)32-22-18-30(19-23-32)31-20-24-35(25-21-31)39-42(43(49)58)54-45(53-39)38-17-11-27-57(38)47(60)41(55-48(61)63-3)34-14-8-5-9-15-34/h4-9,12-15,18-25,28,37-38,40-41,51H,1,10-11,16-17,26-27H2,2-3H3,(H2,49,58)(H,50,52)(H,53,54)(H,55,61)/t37-,38-,40+,41+/m0/s1. The second kappa shape index (κ2) is 18.5. The van der Waals surface area contributed by atoms with Gasteiger partial charge in [0.15, 0.2) is 5.88 Å². The lowest BCUT2D eigenvalue weighted by Gasteiger charge is -2.29. The molecule has 0 spiro atoms. The number of primary amides is 1. The van der Waals surface area contributed by atoms with Gasteiger partial charge in [0, 0.05) is 18.7 Å². The Balaban J connectivity index is 0.970. The maximum atomic E-state index is 14.0. The van der Waals surface area contributed by atoms with Crippen molar-refractivity contribution in [2.45, 2.75) is 49.9 Å². The number of imidazole rings is 2. The van der Waals surface area contributed by atoms with Crippen LogP contribution in [0.15, 0.2) is 128 Å². The molecule has 0 unspecified atom stereocenters. The number of carbonyl (C=O) groups excluding carboxylic acids is 4. The van der Waals surface area contributed by atoms with Crippen LogP contribution in [0, 0.1) is 0 Å². The van der Waals surface area contributed by atoms with Crippen molar-refractivity contribution in [2.24, 2.45) is 5.73 Å². The Kier molecular flexibility index (Phi) is 12.4. The Morgan fingerprint density at radius 1 is 0.683 bits per heavy atom. The third-order valence-corrected chi connectivity index (χ3v) is 11.7. The first kappa shape index (κ1) is 42.0. The Bertz CT molecular complexity index is 2590. The number of hydrogen-bond acceptors (Lipinski definition) is 9. The number of carbonyl (C=O) groups is 4. The predicted molar refractivity (Wildman–Crippen MR) is 236 cm³/mol. The van der Waals surface area contributed by atoms with Gasteiger partial charge in [0.1, 0.15) is 35.1 Å². The molecular formula is C48H49N9O6. The monoisotopic (exact) mass is 847 g/mol. The number of amides is 4. The molecule has 6 N–H and O–H groups in total. The fourth-order valence-corrected chi connectivity index (χ4v) is 8.48. The molecule has 0 aliphatic carbocycles. The van der Waals surface area contributed by atoms with Crippen molar-refractivity contribution in [2.75, 3.05) is 27.3 Å². The Labute approximate surface area is 364 Å². The third kappa shape index (κ3) is 8.89. The van der Waals surface area contributed by atoms with E-state index in [9.17, 15) is 19.2 Å². The molecule has 4 atom stereocenters. The number of likely N-dealkylation sites (tertiary alicyclic amines) is 2. The average molecular weight is 848 g/mol. The minimum absolute atomic E-state index is 0.0789. The minimum Gasteiger partial charge on any atom is -0.483 e. The normalized spacial score (nSPS) is 16.9. The zero-order valence-corrected chi connectivity index (χ0v) is 35.0. The largest absolute Gasteiger partial charge is 0.483 e. The maximum Gasteiger partial charge on any atom is 0.407 e. The first-order valence-electron chi connectivity index (χ1n) is 20.8. The first-order chi connectivity index (χ1) is 30.6. The number of ether oxygens (including phenoxy) is 2. The Morgan fingerprint density at radius 3 is 1.71 bits per heavy atom. The number of methoxy groups -OCH3 is 2. The summed E-state index contributed by atoms with van der Waals surface area (Å²) in [7, 11) is 2.76. The van der Waals surface area contributed by atoms with E-state index in [-0.39, 0.29) is 23.6 Å². The molecule has 0 saturated carbocycles. The van der Waals surface area contributed by atoms with Gasteiger partial charge in [-0.3, -0.25) is 14.4 Å². The summed E-state index contributed by atoms with van der Waals surface area (Å²) in [5, 5.41) is 5.81. The van der Waals surface area contributed by atoms with Crippen LogP contribution in [0.4, 0.5) is 4.79 Å². The van der Waals surface area contributed by atoms with Crippen LogP contribution >= 0.6 is 0 Å². The second-order valence-corrected chi connectivity index (χ2v) is 15.5. The van der Waals surface area contributed by atoms with E-state index in [4.69, 9.17) is 25.2 Å². The van der Waals surface area contributed by atoms with Gasteiger partial charge in [0.05, 0.1) is 38.2 Å². The zero-order valence-electron chi connectivity index (χ0n) is 35.0. The number of rotatable bonds is 14. The van der Waals surface area contributed by atoms with Crippen molar-refractivity contribution in [3.05, 3.63) is 156 Å². The smallest absolute Gasteiger partial charge is 0.407 e. The second-order valence-electron chi connectivity index (χ2n) is 15.5. The van der Waals surface area contributed by atoms with E-state index in [0.29, 0.717) is 54.5 Å². The SMILES string of the molecule is C=C(N[C@@H](C(=O)N1CCC[C@H]1c1ncc(-c2ccc(-c3ccc(-c4nc([C@@H]5CCCN5C(=O)[C@H](NC(=O)OC)c5ccccc5)[nH]c4C(N)=O)cc3)cc2)[nH]1)c1ccccc1)OC. The van der Waals surface area contributed by atoms with E-state index in [0.717, 1.165) is 46.6 Å². The van der Waals surface area contributed by atoms with Crippen LogP contribution in [0.3, 0.4) is 0 Å². The molecule has 0 radical (unpaired) electrons. The van der Waals surface area contributed by atoms with Crippen molar-refractivity contribution in [3.8, 4) is 33.6 Å². The van der Waals surface area contributed by atoms with Crippen molar-refractivity contribution in [3.63, 3.8) is 0 Å². The van der Waals surface area contributed by atoms with Gasteiger partial charge >= 0.3 is 6.09 Å². The number of benzene rings is 4. The van der Waals surface area contributed by atoms with Crippen LogP contribution in [-0.4, -0.2) is 80.9 Å². The number of hydrogen-bond donors (Lipinski definition) is 5. The lowest BCUT2D eigenvalue weighted by molar-refractivity contribution is -0.135. The van der Waals surface area contributed by atoms with Gasteiger partial charge in [0.2, 0.25) is 5.91 Å². The van der Waals surface area contributed by atoms with E-state index in [1.54, 1.807) is 35.4 Å². The van der Waals surface area contributed by atoms with Gasteiger partial charge in [-0.25, -0.2) is 14.8 Å². The number of alkyl carbamates (subject to hydrolysis) is 1. The summed E-state index contributed by atoms with van der Waals surface area (Å²) < 4.78 is 10.1. The summed E-state index contributed by atoms with van der Waals surface area (Å²) in [5.41, 5.74) is 12.2. The van der Waals surface area contributed by atoms with Crippen LogP contribution in [0.2, 0.25) is 0 Å². The highest BCUT2D eigenvalue weighted by Gasteiger charge is 2.39. The summed E-state index contributed by atoms with van der Waals surface area (Å²) in [6, 6.07) is 32.0. The Hall–Kier alpha value is -7.68. The van der Waals surface area contributed by atoms with Gasteiger partial charge in [-0.1, -0.05) is 109 Å². The molecule has 2 aromatic heterocycles. The fourth-order valence-electron chi connectivity index (χ4n) is 8.48. The molecule has 322 valence electrons. The van der Waals surface area contributed by atoms with Crippen molar-refractivity contribution in [1.29, 1.82) is 0 Å². The highest BCUT2D eigenvalue weighted by atomic mass is 16.5. The number of nitrogens with zero attached hydrogens (tertiary/aromatic N) is 4. The molecule has 8 rings (SSSR count).